The first-order chi connectivity index (χ1) is 15.4. The van der Waals surface area contributed by atoms with Crippen LogP contribution in [0.4, 0.5) is 0 Å². The van der Waals surface area contributed by atoms with E-state index in [0.717, 1.165) is 31.4 Å². The van der Waals surface area contributed by atoms with E-state index in [1.807, 2.05) is 6.07 Å². The molecule has 5 aliphatic rings. The Balaban J connectivity index is 1.40. The number of nitrogens with zero attached hydrogens (tertiary/aromatic N) is 1. The van der Waals surface area contributed by atoms with E-state index >= 15 is 0 Å². The quantitative estimate of drug-likeness (QED) is 0.390. The fourth-order valence-corrected chi connectivity index (χ4v) is 7.08. The van der Waals surface area contributed by atoms with Crippen LogP contribution >= 0.6 is 0 Å². The summed E-state index contributed by atoms with van der Waals surface area (Å²) < 4.78 is 18.0. The molecule has 2 aliphatic carbocycles. The smallest absolute Gasteiger partial charge is 0.229 e. The van der Waals surface area contributed by atoms with Crippen molar-refractivity contribution < 1.29 is 39.7 Å². The van der Waals surface area contributed by atoms with Crippen LogP contribution in [0.1, 0.15) is 30.4 Å². The summed E-state index contributed by atoms with van der Waals surface area (Å²) in [5.74, 6) is 1.35. The third-order valence-electron chi connectivity index (χ3n) is 8.64. The number of likely N-dealkylation sites (tertiary alicyclic amines) is 1. The van der Waals surface area contributed by atoms with E-state index in [-0.39, 0.29) is 11.5 Å². The van der Waals surface area contributed by atoms with Crippen LogP contribution in [0.25, 0.3) is 0 Å². The second-order valence-corrected chi connectivity index (χ2v) is 10.1. The van der Waals surface area contributed by atoms with Gasteiger partial charge in [-0.3, -0.25) is 0 Å². The highest BCUT2D eigenvalue weighted by atomic mass is 16.7. The number of likely N-dealkylation sites (N-methyl/N-ethyl adjacent to an activating group) is 1. The van der Waals surface area contributed by atoms with Gasteiger partial charge in [-0.15, -0.1) is 0 Å². The molecule has 1 spiro atoms. The Hall–Kier alpha value is -1.46. The molecule has 10 atom stereocenters. The van der Waals surface area contributed by atoms with Gasteiger partial charge in [-0.25, -0.2) is 0 Å². The maximum atomic E-state index is 10.9. The summed E-state index contributed by atoms with van der Waals surface area (Å²) >= 11 is 0. The number of hydrogen-bond acceptors (Lipinski definition) is 9. The topological polar surface area (TPSA) is 132 Å². The van der Waals surface area contributed by atoms with Crippen LogP contribution in [0.3, 0.4) is 0 Å². The van der Waals surface area contributed by atoms with Crippen molar-refractivity contribution in [1.82, 2.24) is 4.90 Å². The molecule has 0 amide bonds. The van der Waals surface area contributed by atoms with Crippen molar-refractivity contribution in [2.45, 2.75) is 80.1 Å². The molecule has 0 aromatic heterocycles. The molecule has 1 aromatic carbocycles. The molecule has 6 rings (SSSR count). The van der Waals surface area contributed by atoms with E-state index < -0.39 is 43.4 Å². The molecule has 176 valence electrons. The Morgan fingerprint density at radius 2 is 1.94 bits per heavy atom. The molecule has 2 unspecified atom stereocenters. The van der Waals surface area contributed by atoms with Crippen LogP contribution in [0.5, 0.6) is 11.5 Å². The van der Waals surface area contributed by atoms with Crippen LogP contribution in [-0.4, -0.2) is 99.6 Å². The van der Waals surface area contributed by atoms with Gasteiger partial charge < -0.3 is 44.6 Å². The highest BCUT2D eigenvalue weighted by Gasteiger charge is 2.65. The zero-order chi connectivity index (χ0) is 22.4. The van der Waals surface area contributed by atoms with Crippen LogP contribution in [0, 0.1) is 5.92 Å². The molecule has 2 bridgehead atoms. The fraction of sp³-hybridized carbons (Fsp3) is 0.739. The average Bonchev–Trinajstić information content (AvgIpc) is 3.14. The molecule has 5 N–H and O–H groups in total. The summed E-state index contributed by atoms with van der Waals surface area (Å²) in [4.78, 5) is 2.43. The van der Waals surface area contributed by atoms with Crippen LogP contribution in [0.15, 0.2) is 12.1 Å². The average molecular weight is 450 g/mol. The monoisotopic (exact) mass is 449 g/mol. The van der Waals surface area contributed by atoms with E-state index in [2.05, 4.69) is 11.9 Å². The lowest BCUT2D eigenvalue weighted by Gasteiger charge is -2.58. The number of aliphatic hydroxyl groups is 5. The maximum absolute atomic E-state index is 10.9. The van der Waals surface area contributed by atoms with Crippen molar-refractivity contribution in [3.05, 3.63) is 23.3 Å². The summed E-state index contributed by atoms with van der Waals surface area (Å²) in [6, 6.07) is 4.22. The lowest BCUT2D eigenvalue weighted by molar-refractivity contribution is -0.277. The first-order valence-electron chi connectivity index (χ1n) is 11.5. The van der Waals surface area contributed by atoms with E-state index in [1.54, 1.807) is 6.07 Å². The minimum atomic E-state index is -1.51. The van der Waals surface area contributed by atoms with Gasteiger partial charge in [0.05, 0.1) is 12.7 Å². The van der Waals surface area contributed by atoms with Gasteiger partial charge >= 0.3 is 0 Å². The van der Waals surface area contributed by atoms with Gasteiger partial charge in [-0.2, -0.15) is 0 Å². The SMILES string of the molecule is CN1CC[C@]23c4c5ccc(OC6O[C@H](CO)[C@@H](O)[C@H](O)[C@H]6O)c4O[C@H]2[C@@H](O)CCC3[C@H]1C5. The summed E-state index contributed by atoms with van der Waals surface area (Å²) in [5.41, 5.74) is 2.05. The third kappa shape index (κ3) is 2.64. The molecule has 3 aliphatic heterocycles. The second-order valence-electron chi connectivity index (χ2n) is 10.1. The Morgan fingerprint density at radius 1 is 1.12 bits per heavy atom. The Morgan fingerprint density at radius 3 is 2.72 bits per heavy atom. The Kier molecular flexibility index (Phi) is 4.79. The molecule has 1 saturated carbocycles. The van der Waals surface area contributed by atoms with E-state index in [4.69, 9.17) is 14.2 Å². The highest BCUT2D eigenvalue weighted by Crippen LogP contribution is 2.63. The molecule has 3 heterocycles. The van der Waals surface area contributed by atoms with E-state index in [9.17, 15) is 25.5 Å². The molecule has 0 radical (unpaired) electrons. The number of aliphatic hydroxyl groups excluding tert-OH is 5. The summed E-state index contributed by atoms with van der Waals surface area (Å²) in [6.45, 7) is 0.413. The fourth-order valence-electron chi connectivity index (χ4n) is 7.08. The normalized spacial score (nSPS) is 47.0. The Labute approximate surface area is 186 Å². The predicted octanol–water partition coefficient (Wildman–Crippen LogP) is -1.10. The van der Waals surface area contributed by atoms with Crippen LogP contribution < -0.4 is 9.47 Å². The largest absolute Gasteiger partial charge is 0.483 e. The molecular weight excluding hydrogens is 418 g/mol. The Bertz CT molecular complexity index is 910. The van der Waals surface area contributed by atoms with Crippen molar-refractivity contribution in [3.8, 4) is 11.5 Å². The first-order valence-corrected chi connectivity index (χ1v) is 11.5. The van der Waals surface area contributed by atoms with Crippen molar-refractivity contribution in [2.75, 3.05) is 20.2 Å². The van der Waals surface area contributed by atoms with Crippen molar-refractivity contribution in [3.63, 3.8) is 0 Å². The number of benzene rings is 1. The van der Waals surface area contributed by atoms with Gasteiger partial charge in [0.1, 0.15) is 30.5 Å². The van der Waals surface area contributed by atoms with Crippen molar-refractivity contribution >= 4 is 0 Å². The molecule has 9 nitrogen and oxygen atoms in total. The highest BCUT2D eigenvalue weighted by molar-refractivity contribution is 5.61. The van der Waals surface area contributed by atoms with Gasteiger partial charge in [0.15, 0.2) is 11.5 Å². The molecular formula is C23H31NO8. The van der Waals surface area contributed by atoms with E-state index in [0.29, 0.717) is 29.9 Å². The van der Waals surface area contributed by atoms with Crippen molar-refractivity contribution in [1.29, 1.82) is 0 Å². The number of rotatable bonds is 3. The van der Waals surface area contributed by atoms with Gasteiger partial charge in [-0.1, -0.05) is 6.07 Å². The molecule has 1 aromatic rings. The second kappa shape index (κ2) is 7.27. The van der Waals surface area contributed by atoms with Gasteiger partial charge in [0, 0.05) is 17.0 Å². The zero-order valence-corrected chi connectivity index (χ0v) is 18.0. The minimum absolute atomic E-state index is 0.257. The van der Waals surface area contributed by atoms with Crippen LogP contribution in [-0.2, 0) is 16.6 Å². The van der Waals surface area contributed by atoms with Gasteiger partial charge in [0.2, 0.25) is 6.29 Å². The number of ether oxygens (including phenoxy) is 3. The summed E-state index contributed by atoms with van der Waals surface area (Å²) in [5, 5.41) is 51.0. The van der Waals surface area contributed by atoms with Gasteiger partial charge in [-0.05, 0) is 56.8 Å². The van der Waals surface area contributed by atoms with Gasteiger partial charge in [0.25, 0.3) is 0 Å². The van der Waals surface area contributed by atoms with E-state index in [1.165, 1.54) is 5.56 Å². The lowest BCUT2D eigenvalue weighted by atomic mass is 9.51. The lowest BCUT2D eigenvalue weighted by Crippen LogP contribution is -2.66. The molecule has 9 heteroatoms. The maximum Gasteiger partial charge on any atom is 0.229 e. The molecule has 3 fully saturated rings. The minimum Gasteiger partial charge on any atom is -0.483 e. The zero-order valence-electron chi connectivity index (χ0n) is 18.0. The van der Waals surface area contributed by atoms with Crippen molar-refractivity contribution in [2.24, 2.45) is 5.92 Å². The summed E-state index contributed by atoms with van der Waals surface area (Å²) in [7, 11) is 2.18. The standard InChI is InChI=1S/C23H31NO8/c1-24-7-6-23-11-3-4-13(26)21(23)32-20-14(5-2-10(16(20)23)8-12(11)24)30-22-19(29)18(28)17(27)15(9-25)31-22/h2,5,11-13,15,17-19,21-22,25-29H,3-4,6-9H2,1H3/t11?,12-,13+,15-,17-,18+,19-,21+,22?,23+/m1/s1. The molecule has 32 heavy (non-hydrogen) atoms. The predicted molar refractivity (Wildman–Crippen MR) is 110 cm³/mol. The summed E-state index contributed by atoms with van der Waals surface area (Å²) in [6.07, 6.45) is -4.22. The molecule has 2 saturated heterocycles. The van der Waals surface area contributed by atoms with Crippen LogP contribution in [0.2, 0.25) is 0 Å². The first kappa shape index (κ1) is 21.1. The number of piperidine rings is 1. The number of hydrogen-bond donors (Lipinski definition) is 5. The third-order valence-corrected chi connectivity index (χ3v) is 8.64.